The largest absolute Gasteiger partial charge is 0.299 e. The van der Waals surface area contributed by atoms with E-state index in [1.807, 2.05) is 0 Å². The topological polar surface area (TPSA) is 6.48 Å². The maximum Gasteiger partial charge on any atom is 0.0240 e. The molecular weight excluding hydrogens is 256 g/mol. The van der Waals surface area contributed by atoms with E-state index in [4.69, 9.17) is 0 Å². The molecule has 4 rings (SSSR count). The Labute approximate surface area is 127 Å². The van der Waals surface area contributed by atoms with Crippen LogP contribution in [0.15, 0.2) is 42.5 Å². The Balaban J connectivity index is 1.56. The summed E-state index contributed by atoms with van der Waals surface area (Å²) in [6.07, 6.45) is 4.11. The summed E-state index contributed by atoms with van der Waals surface area (Å²) in [5.74, 6) is 0. The minimum absolute atomic E-state index is 0.808. The molecule has 21 heavy (non-hydrogen) atoms. The van der Waals surface area contributed by atoms with Crippen LogP contribution in [0.2, 0.25) is 0 Å². The first kappa shape index (κ1) is 13.3. The van der Waals surface area contributed by atoms with Crippen molar-refractivity contribution in [3.63, 3.8) is 0 Å². The highest BCUT2D eigenvalue weighted by molar-refractivity contribution is 5.85. The van der Waals surface area contributed by atoms with Gasteiger partial charge in [-0.1, -0.05) is 42.5 Å². The maximum atomic E-state index is 2.71. The second-order valence-electron chi connectivity index (χ2n) is 6.56. The van der Waals surface area contributed by atoms with Gasteiger partial charge in [0.25, 0.3) is 0 Å². The fourth-order valence-corrected chi connectivity index (χ4v) is 4.10. The molecule has 2 aromatic rings. The van der Waals surface area contributed by atoms with Gasteiger partial charge in [0.2, 0.25) is 0 Å². The van der Waals surface area contributed by atoms with E-state index in [1.165, 1.54) is 61.8 Å². The molecule has 2 heteroatoms. The van der Waals surface area contributed by atoms with Gasteiger partial charge in [0.05, 0.1) is 0 Å². The van der Waals surface area contributed by atoms with Crippen molar-refractivity contribution in [3.8, 4) is 0 Å². The SMILES string of the molecule is c1ccc2c(CN3CCCN4CCC[C@@H]4C3)cccc2c1. The minimum Gasteiger partial charge on any atom is -0.299 e. The number of fused-ring (bicyclic) bond motifs is 2. The van der Waals surface area contributed by atoms with Crippen LogP contribution >= 0.6 is 0 Å². The zero-order valence-corrected chi connectivity index (χ0v) is 12.7. The van der Waals surface area contributed by atoms with Gasteiger partial charge < -0.3 is 0 Å². The lowest BCUT2D eigenvalue weighted by Crippen LogP contribution is -2.36. The van der Waals surface area contributed by atoms with Crippen LogP contribution in [-0.2, 0) is 6.54 Å². The first-order valence-corrected chi connectivity index (χ1v) is 8.33. The van der Waals surface area contributed by atoms with Gasteiger partial charge in [-0.05, 0) is 55.2 Å². The van der Waals surface area contributed by atoms with Crippen molar-refractivity contribution in [3.05, 3.63) is 48.0 Å². The summed E-state index contributed by atoms with van der Waals surface area (Å²) in [5.41, 5.74) is 1.49. The molecule has 2 nitrogen and oxygen atoms in total. The van der Waals surface area contributed by atoms with Crippen molar-refractivity contribution in [1.29, 1.82) is 0 Å². The minimum atomic E-state index is 0.808. The Hall–Kier alpha value is -1.38. The Kier molecular flexibility index (Phi) is 3.66. The van der Waals surface area contributed by atoms with Gasteiger partial charge in [-0.15, -0.1) is 0 Å². The number of hydrogen-bond acceptors (Lipinski definition) is 2. The summed E-state index contributed by atoms with van der Waals surface area (Å²) in [6.45, 7) is 6.23. The average Bonchev–Trinajstić information content (AvgIpc) is 2.86. The number of nitrogens with zero attached hydrogens (tertiary/aromatic N) is 2. The highest BCUT2D eigenvalue weighted by Crippen LogP contribution is 2.24. The molecule has 0 spiro atoms. The molecule has 0 aliphatic carbocycles. The molecule has 2 saturated heterocycles. The van der Waals surface area contributed by atoms with Crippen LogP contribution in [0.5, 0.6) is 0 Å². The van der Waals surface area contributed by atoms with E-state index in [0.29, 0.717) is 0 Å². The van der Waals surface area contributed by atoms with Crippen molar-refractivity contribution in [1.82, 2.24) is 9.80 Å². The van der Waals surface area contributed by atoms with Crippen LogP contribution in [-0.4, -0.2) is 42.0 Å². The number of benzene rings is 2. The lowest BCUT2D eigenvalue weighted by atomic mass is 10.0. The van der Waals surface area contributed by atoms with Crippen LogP contribution in [0.3, 0.4) is 0 Å². The van der Waals surface area contributed by atoms with E-state index in [2.05, 4.69) is 52.3 Å². The molecule has 1 atom stereocenters. The smallest absolute Gasteiger partial charge is 0.0240 e. The number of rotatable bonds is 2. The van der Waals surface area contributed by atoms with Crippen LogP contribution < -0.4 is 0 Å². The summed E-state index contributed by atoms with van der Waals surface area (Å²) < 4.78 is 0. The second-order valence-corrected chi connectivity index (χ2v) is 6.56. The van der Waals surface area contributed by atoms with Gasteiger partial charge >= 0.3 is 0 Å². The molecule has 0 aromatic heterocycles. The molecule has 2 aliphatic heterocycles. The van der Waals surface area contributed by atoms with Gasteiger partial charge in [0, 0.05) is 19.1 Å². The zero-order chi connectivity index (χ0) is 14.1. The van der Waals surface area contributed by atoms with Crippen LogP contribution in [0, 0.1) is 0 Å². The standard InChI is InChI=1S/C19H24N2/c1-2-10-19-16(6-1)7-3-8-17(19)14-20-11-5-13-21-12-4-9-18(21)15-20/h1-3,6-8,10,18H,4-5,9,11-15H2/t18-/m1/s1. The van der Waals surface area contributed by atoms with E-state index in [0.717, 1.165) is 12.6 Å². The third kappa shape index (κ3) is 2.70. The molecule has 2 aromatic carbocycles. The van der Waals surface area contributed by atoms with Gasteiger partial charge in [-0.3, -0.25) is 9.80 Å². The van der Waals surface area contributed by atoms with Crippen LogP contribution in [0.1, 0.15) is 24.8 Å². The average molecular weight is 280 g/mol. The maximum absolute atomic E-state index is 2.71. The van der Waals surface area contributed by atoms with E-state index in [-0.39, 0.29) is 0 Å². The Morgan fingerprint density at radius 3 is 2.76 bits per heavy atom. The molecule has 2 aliphatic rings. The monoisotopic (exact) mass is 280 g/mol. The molecule has 0 N–H and O–H groups in total. The van der Waals surface area contributed by atoms with Gasteiger partial charge in [-0.2, -0.15) is 0 Å². The van der Waals surface area contributed by atoms with E-state index in [9.17, 15) is 0 Å². The molecule has 2 fully saturated rings. The fourth-order valence-electron chi connectivity index (χ4n) is 4.10. The van der Waals surface area contributed by atoms with E-state index >= 15 is 0 Å². The zero-order valence-electron chi connectivity index (χ0n) is 12.7. The van der Waals surface area contributed by atoms with Crippen LogP contribution in [0.4, 0.5) is 0 Å². The highest BCUT2D eigenvalue weighted by Gasteiger charge is 2.28. The summed E-state index contributed by atoms with van der Waals surface area (Å²) in [6, 6.07) is 16.3. The fraction of sp³-hybridized carbons (Fsp3) is 0.474. The second kappa shape index (κ2) is 5.78. The van der Waals surface area contributed by atoms with Crippen molar-refractivity contribution >= 4 is 10.8 Å². The Morgan fingerprint density at radius 1 is 0.905 bits per heavy atom. The molecule has 0 bridgehead atoms. The lowest BCUT2D eigenvalue weighted by Gasteiger charge is -2.26. The molecule has 110 valence electrons. The van der Waals surface area contributed by atoms with Crippen LogP contribution in [0.25, 0.3) is 10.8 Å². The first-order valence-electron chi connectivity index (χ1n) is 8.33. The van der Waals surface area contributed by atoms with Crippen molar-refractivity contribution in [2.45, 2.75) is 31.8 Å². The predicted octanol–water partition coefficient (Wildman–Crippen LogP) is 3.51. The van der Waals surface area contributed by atoms with Crippen molar-refractivity contribution in [2.75, 3.05) is 26.2 Å². The van der Waals surface area contributed by atoms with E-state index in [1.54, 1.807) is 0 Å². The van der Waals surface area contributed by atoms with Crippen molar-refractivity contribution < 1.29 is 0 Å². The molecule has 0 amide bonds. The first-order chi connectivity index (χ1) is 10.4. The summed E-state index contributed by atoms with van der Waals surface area (Å²) in [7, 11) is 0. The highest BCUT2D eigenvalue weighted by atomic mass is 15.3. The molecule has 0 unspecified atom stereocenters. The van der Waals surface area contributed by atoms with Gasteiger partial charge in [0.15, 0.2) is 0 Å². The number of hydrogen-bond donors (Lipinski definition) is 0. The Morgan fingerprint density at radius 2 is 1.76 bits per heavy atom. The quantitative estimate of drug-likeness (QED) is 0.830. The molecular formula is C19H24N2. The lowest BCUT2D eigenvalue weighted by molar-refractivity contribution is 0.216. The summed E-state index contributed by atoms with van der Waals surface area (Å²) in [4.78, 5) is 5.39. The predicted molar refractivity (Wildman–Crippen MR) is 88.4 cm³/mol. The van der Waals surface area contributed by atoms with E-state index < -0.39 is 0 Å². The third-order valence-electron chi connectivity index (χ3n) is 5.16. The molecule has 0 radical (unpaired) electrons. The Bertz CT molecular complexity index is 616. The third-order valence-corrected chi connectivity index (χ3v) is 5.16. The summed E-state index contributed by atoms with van der Waals surface area (Å²) in [5, 5.41) is 2.79. The van der Waals surface area contributed by atoms with Gasteiger partial charge in [0.1, 0.15) is 0 Å². The van der Waals surface area contributed by atoms with Crippen molar-refractivity contribution in [2.24, 2.45) is 0 Å². The normalized spacial score (nSPS) is 24.1. The molecule has 2 heterocycles. The summed E-state index contributed by atoms with van der Waals surface area (Å²) >= 11 is 0. The van der Waals surface area contributed by atoms with Gasteiger partial charge in [-0.25, -0.2) is 0 Å². The molecule has 0 saturated carbocycles.